The van der Waals surface area contributed by atoms with Crippen LogP contribution in [0.4, 0.5) is 5.69 Å². The highest BCUT2D eigenvalue weighted by Crippen LogP contribution is 2.28. The highest BCUT2D eigenvalue weighted by molar-refractivity contribution is 7.99. The van der Waals surface area contributed by atoms with Crippen molar-refractivity contribution in [2.24, 2.45) is 5.92 Å². The van der Waals surface area contributed by atoms with E-state index in [4.69, 9.17) is 23.2 Å². The maximum atomic E-state index is 12.2. The van der Waals surface area contributed by atoms with E-state index in [1.165, 1.54) is 11.8 Å². The van der Waals surface area contributed by atoms with Crippen LogP contribution in [-0.4, -0.2) is 24.1 Å². The summed E-state index contributed by atoms with van der Waals surface area (Å²) in [6.07, 6.45) is 0. The third-order valence-electron chi connectivity index (χ3n) is 3.62. The Morgan fingerprint density at radius 2 is 1.74 bits per heavy atom. The number of nitrogens with one attached hydrogen (secondary N) is 2. The van der Waals surface area contributed by atoms with E-state index in [0.29, 0.717) is 39.5 Å². The van der Waals surface area contributed by atoms with Crippen LogP contribution < -0.4 is 10.6 Å². The molecule has 0 saturated heterocycles. The number of benzene rings is 2. The zero-order valence-electron chi connectivity index (χ0n) is 15.2. The lowest BCUT2D eigenvalue weighted by Gasteiger charge is -2.10. The van der Waals surface area contributed by atoms with Gasteiger partial charge in [-0.25, -0.2) is 0 Å². The maximum Gasteiger partial charge on any atom is 0.251 e. The zero-order chi connectivity index (χ0) is 19.8. The molecular formula is C20H22Cl2N2O2S. The van der Waals surface area contributed by atoms with Crippen molar-refractivity contribution in [3.63, 3.8) is 0 Å². The Morgan fingerprint density at radius 1 is 1.07 bits per heavy atom. The summed E-state index contributed by atoms with van der Waals surface area (Å²) in [5, 5.41) is 6.86. The zero-order valence-corrected chi connectivity index (χ0v) is 17.5. The predicted octanol–water partition coefficient (Wildman–Crippen LogP) is 5.25. The molecule has 2 amide bonds. The van der Waals surface area contributed by atoms with Gasteiger partial charge in [-0.1, -0.05) is 49.2 Å². The molecule has 2 rings (SSSR count). The van der Waals surface area contributed by atoms with Crippen molar-refractivity contribution in [3.8, 4) is 0 Å². The van der Waals surface area contributed by atoms with Gasteiger partial charge in [-0.3, -0.25) is 9.59 Å². The molecule has 2 aromatic rings. The Labute approximate surface area is 174 Å². The van der Waals surface area contributed by atoms with Crippen LogP contribution >= 0.6 is 35.0 Å². The number of hydrogen-bond donors (Lipinski definition) is 2. The smallest absolute Gasteiger partial charge is 0.251 e. The molecule has 0 unspecified atom stereocenters. The third kappa shape index (κ3) is 7.09. The summed E-state index contributed by atoms with van der Waals surface area (Å²) in [4.78, 5) is 24.3. The van der Waals surface area contributed by atoms with Crippen molar-refractivity contribution >= 4 is 52.5 Å². The summed E-state index contributed by atoms with van der Waals surface area (Å²) < 4.78 is 0. The van der Waals surface area contributed by atoms with Crippen molar-refractivity contribution in [1.29, 1.82) is 0 Å². The van der Waals surface area contributed by atoms with Gasteiger partial charge in [0.2, 0.25) is 5.91 Å². The minimum Gasteiger partial charge on any atom is -0.352 e. The van der Waals surface area contributed by atoms with Crippen LogP contribution in [0.3, 0.4) is 0 Å². The van der Waals surface area contributed by atoms with Crippen LogP contribution in [0.2, 0.25) is 10.0 Å². The molecule has 144 valence electrons. The molecule has 0 heterocycles. The van der Waals surface area contributed by atoms with Crippen LogP contribution in [0.1, 0.15) is 29.8 Å². The van der Waals surface area contributed by atoms with E-state index in [2.05, 4.69) is 10.6 Å². The summed E-state index contributed by atoms with van der Waals surface area (Å²) in [5.41, 5.74) is 1.93. The van der Waals surface area contributed by atoms with Gasteiger partial charge < -0.3 is 10.6 Å². The number of thioether (sulfide) groups is 1. The third-order valence-corrected chi connectivity index (χ3v) is 5.29. The molecule has 0 radical (unpaired) electrons. The van der Waals surface area contributed by atoms with Gasteiger partial charge in [-0.2, -0.15) is 0 Å². The minimum absolute atomic E-state index is 0.150. The number of anilines is 1. The standard InChI is InChI=1S/C20H22Cl2N2O2S/c1-13(2)10-23-20(26)14-5-3-6-15(9-14)24-19(25)12-27-11-16-17(21)7-4-8-18(16)22/h3-9,13H,10-12H2,1-2H3,(H,23,26)(H,24,25). The van der Waals surface area contributed by atoms with E-state index >= 15 is 0 Å². The molecule has 0 aromatic heterocycles. The first-order valence-electron chi connectivity index (χ1n) is 8.55. The van der Waals surface area contributed by atoms with Crippen molar-refractivity contribution < 1.29 is 9.59 Å². The monoisotopic (exact) mass is 424 g/mol. The Hall–Kier alpha value is -1.69. The predicted molar refractivity (Wildman–Crippen MR) is 115 cm³/mol. The molecule has 4 nitrogen and oxygen atoms in total. The van der Waals surface area contributed by atoms with Crippen molar-refractivity contribution in [2.75, 3.05) is 17.6 Å². The maximum absolute atomic E-state index is 12.2. The lowest BCUT2D eigenvalue weighted by molar-refractivity contribution is -0.113. The average molecular weight is 425 g/mol. The van der Waals surface area contributed by atoms with Gasteiger partial charge in [0.15, 0.2) is 0 Å². The molecule has 0 fully saturated rings. The fraction of sp³-hybridized carbons (Fsp3) is 0.300. The van der Waals surface area contributed by atoms with Gasteiger partial charge in [0.25, 0.3) is 5.91 Å². The Morgan fingerprint density at radius 3 is 2.41 bits per heavy atom. The lowest BCUT2D eigenvalue weighted by Crippen LogP contribution is -2.27. The van der Waals surface area contributed by atoms with Crippen LogP contribution in [0.15, 0.2) is 42.5 Å². The normalized spacial score (nSPS) is 10.7. The van der Waals surface area contributed by atoms with E-state index in [1.54, 1.807) is 42.5 Å². The molecule has 0 atom stereocenters. The first kappa shape index (κ1) is 21.6. The molecule has 2 N–H and O–H groups in total. The number of halogens is 2. The van der Waals surface area contributed by atoms with Crippen LogP contribution in [0.5, 0.6) is 0 Å². The second-order valence-corrected chi connectivity index (χ2v) is 8.23. The number of carbonyl (C=O) groups excluding carboxylic acids is 2. The van der Waals surface area contributed by atoms with Gasteiger partial charge in [0.05, 0.1) is 5.75 Å². The van der Waals surface area contributed by atoms with E-state index < -0.39 is 0 Å². The second kappa shape index (κ2) is 10.6. The largest absolute Gasteiger partial charge is 0.352 e. The first-order chi connectivity index (χ1) is 12.9. The van der Waals surface area contributed by atoms with Crippen LogP contribution in [0.25, 0.3) is 0 Å². The first-order valence-corrected chi connectivity index (χ1v) is 10.5. The summed E-state index contributed by atoms with van der Waals surface area (Å²) in [7, 11) is 0. The second-order valence-electron chi connectivity index (χ2n) is 6.43. The molecule has 0 spiro atoms. The average Bonchev–Trinajstić information content (AvgIpc) is 2.62. The molecule has 0 bridgehead atoms. The van der Waals surface area contributed by atoms with Crippen molar-refractivity contribution in [3.05, 3.63) is 63.6 Å². The molecule has 2 aromatic carbocycles. The minimum atomic E-state index is -0.150. The number of carbonyl (C=O) groups is 2. The van der Waals surface area contributed by atoms with Gasteiger partial charge in [-0.05, 0) is 41.8 Å². The Bertz CT molecular complexity index is 792. The van der Waals surface area contributed by atoms with Gasteiger partial charge in [0.1, 0.15) is 0 Å². The number of amides is 2. The highest BCUT2D eigenvalue weighted by Gasteiger charge is 2.10. The quantitative estimate of drug-likeness (QED) is 0.607. The van der Waals surface area contributed by atoms with Crippen LogP contribution in [0, 0.1) is 5.92 Å². The van der Waals surface area contributed by atoms with Crippen molar-refractivity contribution in [2.45, 2.75) is 19.6 Å². The molecule has 7 heteroatoms. The van der Waals surface area contributed by atoms with E-state index in [0.717, 1.165) is 5.56 Å². The van der Waals surface area contributed by atoms with E-state index in [1.807, 2.05) is 13.8 Å². The Kier molecular flexibility index (Phi) is 8.48. The SMILES string of the molecule is CC(C)CNC(=O)c1cccc(NC(=O)CSCc2c(Cl)cccc2Cl)c1. The summed E-state index contributed by atoms with van der Waals surface area (Å²) >= 11 is 13.7. The van der Waals surface area contributed by atoms with Gasteiger partial charge in [-0.15, -0.1) is 11.8 Å². The number of rotatable bonds is 8. The molecule has 0 aliphatic carbocycles. The lowest BCUT2D eigenvalue weighted by atomic mass is 10.1. The van der Waals surface area contributed by atoms with Crippen LogP contribution in [-0.2, 0) is 10.5 Å². The fourth-order valence-electron chi connectivity index (χ4n) is 2.25. The molecule has 0 aliphatic rings. The van der Waals surface area contributed by atoms with Gasteiger partial charge in [0, 0.05) is 33.6 Å². The van der Waals surface area contributed by atoms with E-state index in [-0.39, 0.29) is 17.6 Å². The fourth-order valence-corrected chi connectivity index (χ4v) is 3.81. The molecule has 0 aliphatic heterocycles. The number of hydrogen-bond acceptors (Lipinski definition) is 3. The molecule has 27 heavy (non-hydrogen) atoms. The van der Waals surface area contributed by atoms with E-state index in [9.17, 15) is 9.59 Å². The topological polar surface area (TPSA) is 58.2 Å². The van der Waals surface area contributed by atoms with Gasteiger partial charge >= 0.3 is 0 Å². The molecular weight excluding hydrogens is 403 g/mol. The Balaban J connectivity index is 1.87. The summed E-state index contributed by atoms with van der Waals surface area (Å²) in [6, 6.07) is 12.2. The van der Waals surface area contributed by atoms with Crippen molar-refractivity contribution in [1.82, 2.24) is 5.32 Å². The highest BCUT2D eigenvalue weighted by atomic mass is 35.5. The summed E-state index contributed by atoms with van der Waals surface area (Å²) in [6.45, 7) is 4.67. The summed E-state index contributed by atoms with van der Waals surface area (Å²) in [5.74, 6) is 0.875. The molecule has 0 saturated carbocycles.